The van der Waals surface area contributed by atoms with E-state index in [2.05, 4.69) is 5.32 Å². The molecule has 0 saturated carbocycles. The summed E-state index contributed by atoms with van der Waals surface area (Å²) in [5.41, 5.74) is 1.59. The molecular formula is C15H11FN2OS2. The Morgan fingerprint density at radius 1 is 1.38 bits per heavy atom. The predicted molar refractivity (Wildman–Crippen MR) is 83.3 cm³/mol. The van der Waals surface area contributed by atoms with Crippen molar-refractivity contribution in [1.82, 2.24) is 0 Å². The van der Waals surface area contributed by atoms with Crippen molar-refractivity contribution in [2.45, 2.75) is 12.2 Å². The van der Waals surface area contributed by atoms with E-state index in [4.69, 9.17) is 5.26 Å². The molecule has 1 aliphatic rings. The molecule has 0 spiro atoms. The number of amides is 1. The number of carbonyl (C=O) groups is 1. The first-order valence-electron chi connectivity index (χ1n) is 6.37. The van der Waals surface area contributed by atoms with Crippen LogP contribution in [0, 0.1) is 17.1 Å². The van der Waals surface area contributed by atoms with Gasteiger partial charge in [0.25, 0.3) is 5.91 Å². The molecule has 1 aromatic carbocycles. The Kier molecular flexibility index (Phi) is 3.95. The first kappa shape index (κ1) is 14.1. The molecule has 6 heteroatoms. The largest absolute Gasteiger partial charge is 0.321 e. The molecule has 1 aliphatic heterocycles. The number of aryl methyl sites for hydroxylation is 1. The minimum Gasteiger partial charge on any atom is -0.321 e. The summed E-state index contributed by atoms with van der Waals surface area (Å²) in [6.07, 6.45) is 1.01. The van der Waals surface area contributed by atoms with E-state index in [1.54, 1.807) is 6.07 Å². The summed E-state index contributed by atoms with van der Waals surface area (Å²) in [7, 11) is 0. The maximum atomic E-state index is 13.2. The first-order valence-corrected chi connectivity index (χ1v) is 8.35. The van der Waals surface area contributed by atoms with Gasteiger partial charge in [0, 0.05) is 16.3 Å². The van der Waals surface area contributed by atoms with Gasteiger partial charge in [-0.05, 0) is 42.0 Å². The van der Waals surface area contributed by atoms with Gasteiger partial charge < -0.3 is 5.32 Å². The van der Waals surface area contributed by atoms with Gasteiger partial charge >= 0.3 is 0 Å². The van der Waals surface area contributed by atoms with E-state index >= 15 is 0 Å². The molecule has 3 nitrogen and oxygen atoms in total. The molecule has 1 amide bonds. The van der Waals surface area contributed by atoms with E-state index in [0.717, 1.165) is 17.9 Å². The van der Waals surface area contributed by atoms with E-state index in [1.807, 2.05) is 17.8 Å². The quantitative estimate of drug-likeness (QED) is 0.916. The third kappa shape index (κ3) is 2.94. The fourth-order valence-electron chi connectivity index (χ4n) is 2.14. The van der Waals surface area contributed by atoms with E-state index in [0.29, 0.717) is 10.6 Å². The molecule has 21 heavy (non-hydrogen) atoms. The van der Waals surface area contributed by atoms with Crippen LogP contribution >= 0.6 is 23.1 Å². The highest BCUT2D eigenvalue weighted by Crippen LogP contribution is 2.32. The number of rotatable bonds is 2. The van der Waals surface area contributed by atoms with Crippen LogP contribution in [0.15, 0.2) is 24.3 Å². The van der Waals surface area contributed by atoms with Crippen molar-refractivity contribution in [3.63, 3.8) is 0 Å². The topological polar surface area (TPSA) is 52.9 Å². The predicted octanol–water partition coefficient (Wildman–Crippen LogP) is 3.80. The molecule has 0 radical (unpaired) electrons. The van der Waals surface area contributed by atoms with Gasteiger partial charge in [-0.1, -0.05) is 0 Å². The standard InChI is InChI=1S/C15H11FN2OS2/c16-12-2-1-11(5-9(12)7-17)18-15(19)14-6-10-8-20-4-3-13(10)21-14/h1-2,5-6H,3-4,8H2,(H,18,19). The summed E-state index contributed by atoms with van der Waals surface area (Å²) >= 11 is 3.38. The Hall–Kier alpha value is -1.84. The highest BCUT2D eigenvalue weighted by molar-refractivity contribution is 7.98. The van der Waals surface area contributed by atoms with Crippen LogP contribution in [0.5, 0.6) is 0 Å². The van der Waals surface area contributed by atoms with Crippen molar-refractivity contribution >= 4 is 34.7 Å². The van der Waals surface area contributed by atoms with E-state index < -0.39 is 5.82 Å². The normalized spacial score (nSPS) is 13.3. The van der Waals surface area contributed by atoms with Gasteiger partial charge in [-0.2, -0.15) is 17.0 Å². The molecule has 106 valence electrons. The average Bonchev–Trinajstić information content (AvgIpc) is 2.93. The minimum atomic E-state index is -0.584. The third-order valence-electron chi connectivity index (χ3n) is 3.20. The first-order chi connectivity index (χ1) is 10.2. The number of carbonyl (C=O) groups excluding carboxylic acids is 1. The van der Waals surface area contributed by atoms with Crippen molar-refractivity contribution < 1.29 is 9.18 Å². The van der Waals surface area contributed by atoms with Crippen LogP contribution < -0.4 is 5.32 Å². The van der Waals surface area contributed by atoms with Gasteiger partial charge in [0.15, 0.2) is 0 Å². The lowest BCUT2D eigenvalue weighted by Gasteiger charge is -2.08. The van der Waals surface area contributed by atoms with Crippen molar-refractivity contribution in [2.75, 3.05) is 11.1 Å². The van der Waals surface area contributed by atoms with E-state index in [-0.39, 0.29) is 11.5 Å². The molecule has 2 aromatic rings. The molecule has 2 heterocycles. The Morgan fingerprint density at radius 2 is 2.24 bits per heavy atom. The van der Waals surface area contributed by atoms with Crippen molar-refractivity contribution in [2.24, 2.45) is 0 Å². The maximum absolute atomic E-state index is 13.2. The smallest absolute Gasteiger partial charge is 0.265 e. The second kappa shape index (κ2) is 5.88. The number of halogens is 1. The Morgan fingerprint density at radius 3 is 3.00 bits per heavy atom. The second-order valence-corrected chi connectivity index (χ2v) is 6.86. The monoisotopic (exact) mass is 318 g/mol. The molecule has 0 aliphatic carbocycles. The van der Waals surface area contributed by atoms with Crippen LogP contribution in [0.25, 0.3) is 0 Å². The fraction of sp³-hybridized carbons (Fsp3) is 0.200. The number of thioether (sulfide) groups is 1. The third-order valence-corrected chi connectivity index (χ3v) is 5.44. The molecule has 0 saturated heterocycles. The molecule has 0 bridgehead atoms. The zero-order chi connectivity index (χ0) is 14.8. The summed E-state index contributed by atoms with van der Waals surface area (Å²) in [5, 5.41) is 11.5. The Bertz CT molecular complexity index is 725. The van der Waals surface area contributed by atoms with Crippen LogP contribution in [-0.4, -0.2) is 11.7 Å². The van der Waals surface area contributed by atoms with Gasteiger partial charge in [0.1, 0.15) is 11.9 Å². The Balaban J connectivity index is 1.80. The van der Waals surface area contributed by atoms with E-state index in [1.165, 1.54) is 40.0 Å². The van der Waals surface area contributed by atoms with Crippen molar-refractivity contribution in [3.05, 3.63) is 51.0 Å². The van der Waals surface area contributed by atoms with Crippen molar-refractivity contribution in [1.29, 1.82) is 5.26 Å². The van der Waals surface area contributed by atoms with Crippen LogP contribution in [-0.2, 0) is 12.2 Å². The number of hydrogen-bond donors (Lipinski definition) is 1. The lowest BCUT2D eigenvalue weighted by molar-refractivity contribution is 0.103. The van der Waals surface area contributed by atoms with Gasteiger partial charge in [-0.3, -0.25) is 4.79 Å². The lowest BCUT2D eigenvalue weighted by atomic mass is 10.2. The summed E-state index contributed by atoms with van der Waals surface area (Å²) in [6, 6.07) is 7.67. The number of anilines is 1. The fourth-order valence-corrected chi connectivity index (χ4v) is 4.41. The number of fused-ring (bicyclic) bond motifs is 1. The molecule has 0 atom stereocenters. The number of nitrogens with one attached hydrogen (secondary N) is 1. The highest BCUT2D eigenvalue weighted by Gasteiger charge is 2.17. The van der Waals surface area contributed by atoms with Crippen LogP contribution in [0.4, 0.5) is 10.1 Å². The van der Waals surface area contributed by atoms with Gasteiger partial charge in [0.05, 0.1) is 10.4 Å². The number of thiophene rings is 1. The molecule has 3 rings (SSSR count). The zero-order valence-corrected chi connectivity index (χ0v) is 12.6. The molecule has 1 N–H and O–H groups in total. The van der Waals surface area contributed by atoms with Gasteiger partial charge in [-0.15, -0.1) is 11.3 Å². The average molecular weight is 318 g/mol. The van der Waals surface area contributed by atoms with Gasteiger partial charge in [-0.25, -0.2) is 4.39 Å². The number of hydrogen-bond acceptors (Lipinski definition) is 4. The SMILES string of the molecule is N#Cc1cc(NC(=O)c2cc3c(s2)CCSC3)ccc1F. The maximum Gasteiger partial charge on any atom is 0.265 e. The van der Waals surface area contributed by atoms with Gasteiger partial charge in [0.2, 0.25) is 0 Å². The lowest BCUT2D eigenvalue weighted by Crippen LogP contribution is -2.10. The number of nitriles is 1. The van der Waals surface area contributed by atoms with Crippen LogP contribution in [0.2, 0.25) is 0 Å². The molecule has 0 fully saturated rings. The summed E-state index contributed by atoms with van der Waals surface area (Å²) in [6.45, 7) is 0. The molecule has 0 unspecified atom stereocenters. The summed E-state index contributed by atoms with van der Waals surface area (Å²) < 4.78 is 13.2. The highest BCUT2D eigenvalue weighted by atomic mass is 32.2. The van der Waals surface area contributed by atoms with Crippen LogP contribution in [0.3, 0.4) is 0 Å². The van der Waals surface area contributed by atoms with E-state index in [9.17, 15) is 9.18 Å². The summed E-state index contributed by atoms with van der Waals surface area (Å²) in [4.78, 5) is 14.2. The zero-order valence-electron chi connectivity index (χ0n) is 11.0. The number of benzene rings is 1. The Labute approximate surface area is 129 Å². The summed E-state index contributed by atoms with van der Waals surface area (Å²) in [5.74, 6) is 1.25. The van der Waals surface area contributed by atoms with Crippen LogP contribution in [0.1, 0.15) is 25.7 Å². The number of nitrogens with zero attached hydrogens (tertiary/aromatic N) is 1. The minimum absolute atomic E-state index is 0.0744. The second-order valence-electron chi connectivity index (χ2n) is 4.62. The molecular weight excluding hydrogens is 307 g/mol. The van der Waals surface area contributed by atoms with Crippen molar-refractivity contribution in [3.8, 4) is 6.07 Å². The molecule has 1 aromatic heterocycles.